The van der Waals surface area contributed by atoms with Gasteiger partial charge >= 0.3 is 5.97 Å². The number of nitrogens with one attached hydrogen (secondary N) is 1. The lowest BCUT2D eigenvalue weighted by Crippen LogP contribution is -2.16. The fourth-order valence-electron chi connectivity index (χ4n) is 1.19. The van der Waals surface area contributed by atoms with E-state index < -0.39 is 21.7 Å². The summed E-state index contributed by atoms with van der Waals surface area (Å²) < 4.78 is 25.8. The van der Waals surface area contributed by atoms with Crippen LogP contribution in [0.2, 0.25) is 5.02 Å². The van der Waals surface area contributed by atoms with Crippen LogP contribution in [0.15, 0.2) is 28.0 Å². The molecule has 7 nitrogen and oxygen atoms in total. The Morgan fingerprint density at radius 2 is 2.11 bits per heavy atom. The van der Waals surface area contributed by atoms with Gasteiger partial charge in [-0.15, -0.1) is 11.3 Å². The first-order valence-electron chi connectivity index (χ1n) is 4.71. The van der Waals surface area contributed by atoms with Gasteiger partial charge in [0.15, 0.2) is 9.90 Å². The highest BCUT2D eigenvalue weighted by Gasteiger charge is 2.26. The van der Waals surface area contributed by atoms with Crippen molar-refractivity contribution in [3.63, 3.8) is 0 Å². The number of hydrogen-bond donors (Lipinski definition) is 2. The van der Waals surface area contributed by atoms with Gasteiger partial charge in [0, 0.05) is 6.20 Å². The lowest BCUT2D eigenvalue weighted by Gasteiger charge is -2.05. The van der Waals surface area contributed by atoms with Crippen molar-refractivity contribution in [2.24, 2.45) is 0 Å². The summed E-state index contributed by atoms with van der Waals surface area (Å²) in [6.45, 7) is 0. The van der Waals surface area contributed by atoms with Crippen molar-refractivity contribution in [1.29, 1.82) is 0 Å². The Labute approximate surface area is 117 Å². The Hall–Kier alpha value is -1.71. The molecule has 0 aliphatic rings. The molecule has 100 valence electrons. The molecule has 0 fully saturated rings. The van der Waals surface area contributed by atoms with E-state index in [2.05, 4.69) is 14.7 Å². The highest BCUT2D eigenvalue weighted by Crippen LogP contribution is 2.22. The summed E-state index contributed by atoms with van der Waals surface area (Å²) in [6, 6.07) is 2.82. The van der Waals surface area contributed by atoms with Gasteiger partial charge in [-0.2, -0.15) is 0 Å². The molecular weight excluding hydrogens is 314 g/mol. The third-order valence-electron chi connectivity index (χ3n) is 1.95. The first-order chi connectivity index (χ1) is 8.90. The summed E-state index contributed by atoms with van der Waals surface area (Å²) in [5, 5.41) is 9.19. The number of thiazole rings is 1. The predicted octanol–water partition coefficient (Wildman–Crippen LogP) is 1.69. The zero-order valence-corrected chi connectivity index (χ0v) is 11.5. The molecule has 0 unspecified atom stereocenters. The Morgan fingerprint density at radius 1 is 1.37 bits per heavy atom. The molecule has 0 aliphatic heterocycles. The number of anilines is 1. The molecule has 0 bridgehead atoms. The van der Waals surface area contributed by atoms with Gasteiger partial charge in [0.2, 0.25) is 0 Å². The van der Waals surface area contributed by atoms with E-state index in [0.717, 1.165) is 5.51 Å². The van der Waals surface area contributed by atoms with Gasteiger partial charge in [0.05, 0.1) is 10.5 Å². The van der Waals surface area contributed by atoms with Crippen molar-refractivity contribution in [2.75, 3.05) is 4.72 Å². The number of halogens is 1. The molecule has 0 radical (unpaired) electrons. The first-order valence-corrected chi connectivity index (χ1v) is 7.45. The number of hydrogen-bond acceptors (Lipinski definition) is 6. The number of nitrogens with zero attached hydrogens (tertiary/aromatic N) is 2. The quantitative estimate of drug-likeness (QED) is 0.887. The standard InChI is InChI=1S/C9H6ClN3O4S2/c10-5-1-2-6(11-3-5)13-19(16,17)9-7(8(14)15)12-4-18-9/h1-4H,(H,11,13)(H,14,15). The largest absolute Gasteiger partial charge is 0.476 e. The molecule has 0 saturated carbocycles. The SMILES string of the molecule is O=C(O)c1ncsc1S(=O)(=O)Nc1ccc(Cl)cn1. The molecule has 2 heterocycles. The maximum Gasteiger partial charge on any atom is 0.356 e. The number of rotatable bonds is 4. The normalized spacial score (nSPS) is 11.2. The average molecular weight is 320 g/mol. The fourth-order valence-corrected chi connectivity index (χ4v) is 3.45. The van der Waals surface area contributed by atoms with Crippen LogP contribution in [0.1, 0.15) is 10.5 Å². The fraction of sp³-hybridized carbons (Fsp3) is 0. The second-order valence-corrected chi connectivity index (χ2v) is 6.43. The molecule has 19 heavy (non-hydrogen) atoms. The van der Waals surface area contributed by atoms with Crippen molar-refractivity contribution >= 4 is 44.7 Å². The third-order valence-corrected chi connectivity index (χ3v) is 4.90. The summed E-state index contributed by atoms with van der Waals surface area (Å²) in [6.07, 6.45) is 1.27. The van der Waals surface area contributed by atoms with Crippen LogP contribution in [0, 0.1) is 0 Å². The number of carboxylic acid groups (broad SMARTS) is 1. The monoisotopic (exact) mass is 319 g/mol. The zero-order chi connectivity index (χ0) is 14.0. The van der Waals surface area contributed by atoms with Crippen molar-refractivity contribution in [2.45, 2.75) is 4.21 Å². The number of carboxylic acids is 1. The van der Waals surface area contributed by atoms with Crippen LogP contribution >= 0.6 is 22.9 Å². The molecule has 0 aliphatic carbocycles. The van der Waals surface area contributed by atoms with Gasteiger partial charge in [-0.3, -0.25) is 4.72 Å². The lowest BCUT2D eigenvalue weighted by molar-refractivity contribution is 0.0687. The average Bonchev–Trinajstić information content (AvgIpc) is 2.82. The van der Waals surface area contributed by atoms with Crippen molar-refractivity contribution in [3.8, 4) is 0 Å². The minimum absolute atomic E-state index is 0.0362. The van der Waals surface area contributed by atoms with Crippen LogP contribution in [0.5, 0.6) is 0 Å². The van der Waals surface area contributed by atoms with Gasteiger partial charge in [-0.05, 0) is 12.1 Å². The molecule has 2 aromatic rings. The second-order valence-electron chi connectivity index (χ2n) is 3.26. The second kappa shape index (κ2) is 5.11. The Kier molecular flexibility index (Phi) is 3.69. The molecule has 0 aromatic carbocycles. The van der Waals surface area contributed by atoms with Crippen LogP contribution in [0.4, 0.5) is 5.82 Å². The molecule has 10 heteroatoms. The number of pyridine rings is 1. The highest BCUT2D eigenvalue weighted by atomic mass is 35.5. The smallest absolute Gasteiger partial charge is 0.356 e. The van der Waals surface area contributed by atoms with Gasteiger partial charge < -0.3 is 5.11 Å². The van der Waals surface area contributed by atoms with E-state index in [4.69, 9.17) is 16.7 Å². The van der Waals surface area contributed by atoms with Crippen LogP contribution in [0.3, 0.4) is 0 Å². The van der Waals surface area contributed by atoms with Gasteiger partial charge in [-0.1, -0.05) is 11.6 Å². The van der Waals surface area contributed by atoms with E-state index in [1.807, 2.05) is 0 Å². The Balaban J connectivity index is 2.35. The minimum Gasteiger partial charge on any atom is -0.476 e. The molecule has 2 aromatic heterocycles. The van der Waals surface area contributed by atoms with Gasteiger partial charge in [0.1, 0.15) is 5.82 Å². The van der Waals surface area contributed by atoms with E-state index in [9.17, 15) is 13.2 Å². The molecule has 0 saturated heterocycles. The lowest BCUT2D eigenvalue weighted by atomic mass is 10.5. The Morgan fingerprint density at radius 3 is 2.68 bits per heavy atom. The molecule has 0 atom stereocenters. The minimum atomic E-state index is -4.04. The zero-order valence-electron chi connectivity index (χ0n) is 9.07. The van der Waals surface area contributed by atoms with E-state index >= 15 is 0 Å². The summed E-state index contributed by atoms with van der Waals surface area (Å²) in [5.74, 6) is -1.38. The summed E-state index contributed by atoms with van der Waals surface area (Å²) in [4.78, 5) is 18.1. The molecule has 0 spiro atoms. The van der Waals surface area contributed by atoms with Crippen LogP contribution in [-0.4, -0.2) is 29.5 Å². The predicted molar refractivity (Wildman–Crippen MR) is 69.1 cm³/mol. The van der Waals surface area contributed by atoms with Crippen molar-refractivity contribution in [3.05, 3.63) is 34.6 Å². The van der Waals surface area contributed by atoms with E-state index in [-0.39, 0.29) is 10.0 Å². The van der Waals surface area contributed by atoms with Crippen molar-refractivity contribution < 1.29 is 18.3 Å². The summed E-state index contributed by atoms with van der Waals surface area (Å²) in [5.41, 5.74) is 0.624. The maximum absolute atomic E-state index is 12.0. The number of aromatic carboxylic acids is 1. The summed E-state index contributed by atoms with van der Waals surface area (Å²) >= 11 is 6.33. The van der Waals surface area contributed by atoms with E-state index in [1.165, 1.54) is 18.3 Å². The van der Waals surface area contributed by atoms with Crippen LogP contribution in [0.25, 0.3) is 0 Å². The molecule has 2 N–H and O–H groups in total. The number of aromatic nitrogens is 2. The van der Waals surface area contributed by atoms with E-state index in [0.29, 0.717) is 16.4 Å². The molecule has 0 amide bonds. The summed E-state index contributed by atoms with van der Waals surface area (Å²) in [7, 11) is -4.04. The number of sulfonamides is 1. The third kappa shape index (κ3) is 3.00. The molecular formula is C9H6ClN3O4S2. The molecule has 2 rings (SSSR count). The Bertz CT molecular complexity index is 711. The van der Waals surface area contributed by atoms with Gasteiger partial charge in [-0.25, -0.2) is 23.2 Å². The number of carbonyl (C=O) groups is 1. The van der Waals surface area contributed by atoms with Gasteiger partial charge in [0.25, 0.3) is 10.0 Å². The maximum atomic E-state index is 12.0. The van der Waals surface area contributed by atoms with E-state index in [1.54, 1.807) is 0 Å². The highest BCUT2D eigenvalue weighted by molar-refractivity contribution is 7.94. The van der Waals surface area contributed by atoms with Crippen LogP contribution in [-0.2, 0) is 10.0 Å². The van der Waals surface area contributed by atoms with Crippen LogP contribution < -0.4 is 4.72 Å². The van der Waals surface area contributed by atoms with Crippen molar-refractivity contribution in [1.82, 2.24) is 9.97 Å². The first kappa shape index (κ1) is 13.7. The topological polar surface area (TPSA) is 109 Å².